The van der Waals surface area contributed by atoms with Crippen LogP contribution in [0.4, 0.5) is 10.1 Å². The Balaban J connectivity index is 2.34. The molecule has 1 heterocycles. The highest BCUT2D eigenvalue weighted by molar-refractivity contribution is 8.13. The van der Waals surface area contributed by atoms with Gasteiger partial charge in [-0.3, -0.25) is 4.79 Å². The van der Waals surface area contributed by atoms with Crippen molar-refractivity contribution in [1.82, 2.24) is 0 Å². The third-order valence-corrected chi connectivity index (χ3v) is 5.63. The molecule has 1 aliphatic rings. The number of halogens is 2. The van der Waals surface area contributed by atoms with Crippen molar-refractivity contribution < 1.29 is 26.0 Å². The van der Waals surface area contributed by atoms with Gasteiger partial charge in [0.1, 0.15) is 5.82 Å². The van der Waals surface area contributed by atoms with E-state index in [4.69, 9.17) is 10.7 Å². The predicted molar refractivity (Wildman–Crippen MR) is 79.6 cm³/mol. The van der Waals surface area contributed by atoms with E-state index in [0.29, 0.717) is 0 Å². The maximum absolute atomic E-state index is 13.9. The van der Waals surface area contributed by atoms with Crippen molar-refractivity contribution in [3.63, 3.8) is 0 Å². The van der Waals surface area contributed by atoms with Gasteiger partial charge in [0.05, 0.1) is 16.3 Å². The summed E-state index contributed by atoms with van der Waals surface area (Å²) in [6, 6.07) is 3.14. The lowest BCUT2D eigenvalue weighted by Gasteiger charge is -2.18. The van der Waals surface area contributed by atoms with Gasteiger partial charge in [0.15, 0.2) is 9.84 Å². The molecule has 0 bridgehead atoms. The van der Waals surface area contributed by atoms with Crippen LogP contribution in [0.3, 0.4) is 0 Å². The molecule has 1 aromatic rings. The summed E-state index contributed by atoms with van der Waals surface area (Å²) in [7, 11) is -2.17. The number of amides is 1. The first kappa shape index (κ1) is 17.2. The fraction of sp³-hybridized carbons (Fsp3) is 0.417. The Morgan fingerprint density at radius 2 is 1.95 bits per heavy atom. The molecule has 2 rings (SSSR count). The predicted octanol–water partition coefficient (Wildman–Crippen LogP) is 1.15. The van der Waals surface area contributed by atoms with Gasteiger partial charge >= 0.3 is 0 Å². The molecule has 1 atom stereocenters. The lowest BCUT2D eigenvalue weighted by molar-refractivity contribution is -0.117. The number of hydrogen-bond acceptors (Lipinski definition) is 5. The molecule has 6 nitrogen and oxygen atoms in total. The van der Waals surface area contributed by atoms with Gasteiger partial charge in [0.25, 0.3) is 0 Å². The minimum Gasteiger partial charge on any atom is -0.309 e. The van der Waals surface area contributed by atoms with Crippen LogP contribution >= 0.6 is 10.7 Å². The molecule has 0 aliphatic carbocycles. The largest absolute Gasteiger partial charge is 0.309 e. The zero-order valence-corrected chi connectivity index (χ0v) is 13.9. The first-order valence-corrected chi connectivity index (χ1v) is 10.6. The number of hydrogen-bond donors (Lipinski definition) is 0. The maximum Gasteiger partial charge on any atom is 0.232 e. The molecular weight excluding hydrogens is 357 g/mol. The topological polar surface area (TPSA) is 88.6 Å². The summed E-state index contributed by atoms with van der Waals surface area (Å²) in [5.74, 6) is -2.19. The number of anilines is 1. The van der Waals surface area contributed by atoms with Crippen molar-refractivity contribution in [2.45, 2.75) is 11.3 Å². The van der Waals surface area contributed by atoms with Crippen LogP contribution in [-0.2, 0) is 23.7 Å². The van der Waals surface area contributed by atoms with E-state index < -0.39 is 42.3 Å². The lowest BCUT2D eigenvalue weighted by Crippen LogP contribution is -2.26. The zero-order chi connectivity index (χ0) is 16.7. The lowest BCUT2D eigenvalue weighted by atomic mass is 10.1. The number of benzene rings is 1. The quantitative estimate of drug-likeness (QED) is 0.586. The van der Waals surface area contributed by atoms with Gasteiger partial charge in [0, 0.05) is 35.8 Å². The molecule has 1 amide bonds. The Bertz CT molecular complexity index is 822. The van der Waals surface area contributed by atoms with Crippen molar-refractivity contribution in [3.8, 4) is 0 Å². The van der Waals surface area contributed by atoms with E-state index in [1.165, 1.54) is 0 Å². The van der Waals surface area contributed by atoms with Crippen molar-refractivity contribution in [3.05, 3.63) is 24.0 Å². The van der Waals surface area contributed by atoms with E-state index in [9.17, 15) is 26.0 Å². The van der Waals surface area contributed by atoms with Gasteiger partial charge in [-0.2, -0.15) is 0 Å². The van der Waals surface area contributed by atoms with Crippen molar-refractivity contribution in [1.29, 1.82) is 0 Å². The summed E-state index contributed by atoms with van der Waals surface area (Å²) in [4.78, 5) is 12.9. The van der Waals surface area contributed by atoms with Gasteiger partial charge in [0.2, 0.25) is 15.0 Å². The SMILES string of the molecule is CS(=O)(=O)c1ccc(F)c(N2CC(CS(=O)(=O)Cl)CC2=O)c1. The van der Waals surface area contributed by atoms with Crippen molar-refractivity contribution in [2.24, 2.45) is 5.92 Å². The minimum atomic E-state index is -3.77. The maximum atomic E-state index is 13.9. The Hall–Kier alpha value is -1.19. The summed E-state index contributed by atoms with van der Waals surface area (Å²) in [5.41, 5.74) is -0.178. The van der Waals surface area contributed by atoms with E-state index in [0.717, 1.165) is 29.4 Å². The Morgan fingerprint density at radius 1 is 1.32 bits per heavy atom. The second-order valence-corrected chi connectivity index (χ2v) is 10.0. The van der Waals surface area contributed by atoms with Crippen LogP contribution in [0, 0.1) is 11.7 Å². The van der Waals surface area contributed by atoms with Gasteiger partial charge < -0.3 is 4.90 Å². The summed E-state index contributed by atoms with van der Waals surface area (Å²) >= 11 is 0. The molecule has 0 N–H and O–H groups in total. The zero-order valence-electron chi connectivity index (χ0n) is 11.5. The number of carbonyl (C=O) groups is 1. The van der Waals surface area contributed by atoms with Gasteiger partial charge in [-0.15, -0.1) is 0 Å². The second-order valence-electron chi connectivity index (χ2n) is 5.17. The van der Waals surface area contributed by atoms with E-state index in [1.807, 2.05) is 0 Å². The monoisotopic (exact) mass is 369 g/mol. The second kappa shape index (κ2) is 5.78. The minimum absolute atomic E-state index is 0.0328. The van der Waals surface area contributed by atoms with Crippen LogP contribution in [0.5, 0.6) is 0 Å². The summed E-state index contributed by atoms with van der Waals surface area (Å²) in [6.45, 7) is -0.0328. The van der Waals surface area contributed by atoms with Crippen LogP contribution < -0.4 is 4.90 Å². The van der Waals surface area contributed by atoms with Crippen molar-refractivity contribution >= 4 is 41.2 Å². The summed E-state index contributed by atoms with van der Waals surface area (Å²) < 4.78 is 59.1. The highest BCUT2D eigenvalue weighted by Crippen LogP contribution is 2.30. The molecule has 1 fully saturated rings. The fourth-order valence-corrected chi connectivity index (χ4v) is 4.30. The highest BCUT2D eigenvalue weighted by atomic mass is 35.7. The molecule has 22 heavy (non-hydrogen) atoms. The molecule has 1 aliphatic heterocycles. The number of carbonyl (C=O) groups excluding carboxylic acids is 1. The van der Waals surface area contributed by atoms with Crippen LogP contribution in [-0.4, -0.2) is 41.3 Å². The van der Waals surface area contributed by atoms with Crippen LogP contribution in [0.25, 0.3) is 0 Å². The third kappa shape index (κ3) is 3.96. The number of sulfone groups is 1. The molecular formula is C12H13ClFNO5S2. The number of rotatable bonds is 4. The van der Waals surface area contributed by atoms with E-state index >= 15 is 0 Å². The summed E-state index contributed by atoms with van der Waals surface area (Å²) in [6.07, 6.45) is 0.882. The fourth-order valence-electron chi connectivity index (χ4n) is 2.34. The molecule has 122 valence electrons. The van der Waals surface area contributed by atoms with E-state index in [2.05, 4.69) is 0 Å². The molecule has 10 heteroatoms. The summed E-state index contributed by atoms with van der Waals surface area (Å²) in [5, 5.41) is 0. The molecule has 1 saturated heterocycles. The standard InChI is InChI=1S/C12H13ClFNO5S2/c1-21(17,18)9-2-3-10(14)11(5-9)15-6-8(4-12(15)16)7-22(13,19)20/h2-3,5,8H,4,6-7H2,1H3. The highest BCUT2D eigenvalue weighted by Gasteiger charge is 2.34. The first-order valence-electron chi connectivity index (χ1n) is 6.19. The van der Waals surface area contributed by atoms with E-state index in [1.54, 1.807) is 0 Å². The Morgan fingerprint density at radius 3 is 2.50 bits per heavy atom. The van der Waals surface area contributed by atoms with Crippen molar-refractivity contribution in [2.75, 3.05) is 23.5 Å². The van der Waals surface area contributed by atoms with Crippen LogP contribution in [0.2, 0.25) is 0 Å². The van der Waals surface area contributed by atoms with E-state index in [-0.39, 0.29) is 23.5 Å². The van der Waals surface area contributed by atoms with Crippen LogP contribution in [0.15, 0.2) is 23.1 Å². The Kier molecular flexibility index (Phi) is 4.51. The van der Waals surface area contributed by atoms with Crippen LogP contribution in [0.1, 0.15) is 6.42 Å². The normalized spacial score (nSPS) is 19.7. The smallest absolute Gasteiger partial charge is 0.232 e. The Labute approximate surface area is 132 Å². The average molecular weight is 370 g/mol. The third-order valence-electron chi connectivity index (χ3n) is 3.28. The molecule has 0 aromatic heterocycles. The molecule has 0 radical (unpaired) electrons. The molecule has 1 unspecified atom stereocenters. The first-order chi connectivity index (χ1) is 9.97. The average Bonchev–Trinajstić information content (AvgIpc) is 2.66. The molecule has 0 saturated carbocycles. The molecule has 0 spiro atoms. The van der Waals surface area contributed by atoms with Gasteiger partial charge in [-0.25, -0.2) is 21.2 Å². The van der Waals surface area contributed by atoms with Gasteiger partial charge in [-0.1, -0.05) is 0 Å². The van der Waals surface area contributed by atoms with Gasteiger partial charge in [-0.05, 0) is 18.2 Å². The molecule has 1 aromatic carbocycles. The number of nitrogens with zero attached hydrogens (tertiary/aromatic N) is 1.